The quantitative estimate of drug-likeness (QED) is 0.555. The number of carboxylic acid groups (broad SMARTS) is 1. The molecule has 2 N–H and O–H groups in total. The van der Waals surface area contributed by atoms with E-state index in [1.807, 2.05) is 30.3 Å². The van der Waals surface area contributed by atoms with E-state index in [4.69, 9.17) is 4.74 Å². The number of carboxylic acids is 1. The van der Waals surface area contributed by atoms with Crippen LogP contribution in [0.5, 0.6) is 0 Å². The summed E-state index contributed by atoms with van der Waals surface area (Å²) in [6.07, 6.45) is 0.970. The van der Waals surface area contributed by atoms with Gasteiger partial charge < -0.3 is 14.7 Å². The average Bonchev–Trinajstić information content (AvgIpc) is 3.00. The zero-order valence-electron chi connectivity index (χ0n) is 17.2. The Kier molecular flexibility index (Phi) is 9.74. The molecule has 9 nitrogen and oxygen atoms in total. The highest BCUT2D eigenvalue weighted by molar-refractivity contribution is 6.02. The number of carbonyl (C=O) groups is 4. The lowest BCUT2D eigenvalue weighted by Crippen LogP contribution is -2.54. The van der Waals surface area contributed by atoms with E-state index < -0.39 is 42.0 Å². The van der Waals surface area contributed by atoms with Crippen molar-refractivity contribution in [2.75, 3.05) is 20.2 Å². The van der Waals surface area contributed by atoms with Gasteiger partial charge in [-0.3, -0.25) is 14.9 Å². The van der Waals surface area contributed by atoms with Crippen molar-refractivity contribution in [2.45, 2.75) is 44.8 Å². The molecule has 1 saturated heterocycles. The van der Waals surface area contributed by atoms with Gasteiger partial charge in [0.25, 0.3) is 0 Å². The normalized spacial score (nSPS) is 17.8. The number of imide groups is 1. The van der Waals surface area contributed by atoms with Crippen molar-refractivity contribution in [1.82, 2.24) is 15.1 Å². The molecular formula is C20H28ClN3O6. The van der Waals surface area contributed by atoms with Crippen molar-refractivity contribution in [3.05, 3.63) is 35.9 Å². The second kappa shape index (κ2) is 11.5. The fourth-order valence-corrected chi connectivity index (χ4v) is 3.22. The first-order valence-corrected chi connectivity index (χ1v) is 9.53. The Morgan fingerprint density at radius 2 is 1.90 bits per heavy atom. The van der Waals surface area contributed by atoms with Gasteiger partial charge in [-0.05, 0) is 32.3 Å². The van der Waals surface area contributed by atoms with E-state index in [2.05, 4.69) is 5.32 Å². The summed E-state index contributed by atoms with van der Waals surface area (Å²) in [6, 6.07) is 5.92. The van der Waals surface area contributed by atoms with Crippen LogP contribution in [-0.4, -0.2) is 77.1 Å². The fourth-order valence-electron chi connectivity index (χ4n) is 3.22. The average molecular weight is 442 g/mol. The fraction of sp³-hybridized carbons (Fsp3) is 0.500. The maximum absolute atomic E-state index is 12.8. The molecule has 0 bridgehead atoms. The first kappa shape index (κ1) is 25.4. The van der Waals surface area contributed by atoms with Crippen molar-refractivity contribution in [1.29, 1.82) is 0 Å². The van der Waals surface area contributed by atoms with Crippen LogP contribution >= 0.6 is 12.4 Å². The summed E-state index contributed by atoms with van der Waals surface area (Å²) in [5.41, 5.74) is 1.03. The number of nitrogens with one attached hydrogen (secondary N) is 1. The Morgan fingerprint density at radius 1 is 1.27 bits per heavy atom. The number of amides is 3. The molecule has 0 aliphatic carbocycles. The molecule has 0 spiro atoms. The summed E-state index contributed by atoms with van der Waals surface area (Å²) < 4.78 is 5.10. The third-order valence-electron chi connectivity index (χ3n) is 4.77. The zero-order valence-corrected chi connectivity index (χ0v) is 18.1. The van der Waals surface area contributed by atoms with Gasteiger partial charge in [-0.2, -0.15) is 0 Å². The van der Waals surface area contributed by atoms with Crippen molar-refractivity contribution >= 4 is 36.3 Å². The van der Waals surface area contributed by atoms with Gasteiger partial charge in [-0.25, -0.2) is 14.5 Å². The summed E-state index contributed by atoms with van der Waals surface area (Å²) in [5.74, 6) is -2.45. The molecule has 0 radical (unpaired) electrons. The molecule has 1 aliphatic heterocycles. The molecule has 2 rings (SSSR count). The second-order valence-electron chi connectivity index (χ2n) is 6.94. The molecule has 0 saturated carbocycles. The SMILES string of the molecule is CCOC(=O)[C@H](CCc1ccccc1)N[C@@H](C)C(=O)N1C(=O)N(C)C[C@@H]1C(=O)O.Cl. The number of rotatable bonds is 9. The van der Waals surface area contributed by atoms with Gasteiger partial charge >= 0.3 is 18.0 Å². The van der Waals surface area contributed by atoms with Crippen LogP contribution in [0.15, 0.2) is 30.3 Å². The molecule has 1 aromatic carbocycles. The lowest BCUT2D eigenvalue weighted by molar-refractivity contribution is -0.148. The first-order chi connectivity index (χ1) is 13.8. The zero-order chi connectivity index (χ0) is 21.6. The van der Waals surface area contributed by atoms with Crippen LogP contribution in [0.2, 0.25) is 0 Å². The third kappa shape index (κ3) is 6.17. The highest BCUT2D eigenvalue weighted by Crippen LogP contribution is 2.17. The molecule has 0 unspecified atom stereocenters. The Morgan fingerprint density at radius 3 is 2.47 bits per heavy atom. The summed E-state index contributed by atoms with van der Waals surface area (Å²) in [7, 11) is 1.44. The standard InChI is InChI=1S/C20H27N3O6.ClH/c1-4-29-19(27)15(11-10-14-8-6-5-7-9-14)21-13(2)17(24)23-16(18(25)26)12-22(3)20(23)28;/h5-9,13,15-16,21H,4,10-12H2,1-3H3,(H,25,26);1H/t13-,15-,16+;/m0./s1. The summed E-state index contributed by atoms with van der Waals surface area (Å²) >= 11 is 0. The van der Waals surface area contributed by atoms with E-state index >= 15 is 0 Å². The van der Waals surface area contributed by atoms with E-state index in [-0.39, 0.29) is 25.6 Å². The van der Waals surface area contributed by atoms with Crippen molar-refractivity contribution in [3.8, 4) is 0 Å². The lowest BCUT2D eigenvalue weighted by atomic mass is 10.0. The monoisotopic (exact) mass is 441 g/mol. The van der Waals surface area contributed by atoms with Crippen LogP contribution in [0.25, 0.3) is 0 Å². The minimum absolute atomic E-state index is 0. The minimum Gasteiger partial charge on any atom is -0.480 e. The van der Waals surface area contributed by atoms with Crippen molar-refractivity contribution in [2.24, 2.45) is 0 Å². The number of hydrogen-bond donors (Lipinski definition) is 2. The van der Waals surface area contributed by atoms with Gasteiger partial charge in [0, 0.05) is 7.05 Å². The highest BCUT2D eigenvalue weighted by atomic mass is 35.5. The van der Waals surface area contributed by atoms with Gasteiger partial charge in [-0.15, -0.1) is 12.4 Å². The smallest absolute Gasteiger partial charge is 0.328 e. The van der Waals surface area contributed by atoms with E-state index in [0.717, 1.165) is 10.5 Å². The van der Waals surface area contributed by atoms with E-state index in [1.54, 1.807) is 6.92 Å². The highest BCUT2D eigenvalue weighted by Gasteiger charge is 2.45. The maximum Gasteiger partial charge on any atom is 0.328 e. The number of halogens is 1. The molecule has 10 heteroatoms. The topological polar surface area (TPSA) is 116 Å². The molecule has 0 aromatic heterocycles. The van der Waals surface area contributed by atoms with Gasteiger partial charge in [0.1, 0.15) is 6.04 Å². The van der Waals surface area contributed by atoms with Crippen LogP contribution in [-0.2, 0) is 25.5 Å². The van der Waals surface area contributed by atoms with Gasteiger partial charge in [0.2, 0.25) is 5.91 Å². The number of esters is 1. The molecule has 30 heavy (non-hydrogen) atoms. The number of nitrogens with zero attached hydrogens (tertiary/aromatic N) is 2. The number of carbonyl (C=O) groups excluding carboxylic acids is 3. The Bertz CT molecular complexity index is 760. The van der Waals surface area contributed by atoms with E-state index in [9.17, 15) is 24.3 Å². The Balaban J connectivity index is 0.00000450. The van der Waals surface area contributed by atoms with Crippen LogP contribution in [0.1, 0.15) is 25.8 Å². The Hall–Kier alpha value is -2.65. The number of aliphatic carboxylic acids is 1. The first-order valence-electron chi connectivity index (χ1n) is 9.53. The molecule has 1 fully saturated rings. The lowest BCUT2D eigenvalue weighted by Gasteiger charge is -2.26. The summed E-state index contributed by atoms with van der Waals surface area (Å²) in [6.45, 7) is 3.31. The summed E-state index contributed by atoms with van der Waals surface area (Å²) in [5, 5.41) is 12.2. The predicted molar refractivity (Wildman–Crippen MR) is 111 cm³/mol. The molecule has 1 aliphatic rings. The second-order valence-corrected chi connectivity index (χ2v) is 6.94. The minimum atomic E-state index is -1.26. The van der Waals surface area contributed by atoms with Gasteiger partial charge in [0.15, 0.2) is 6.04 Å². The number of aryl methyl sites for hydroxylation is 1. The molecule has 166 valence electrons. The number of urea groups is 1. The molecule has 1 heterocycles. The van der Waals surface area contributed by atoms with Crippen LogP contribution in [0, 0.1) is 0 Å². The third-order valence-corrected chi connectivity index (χ3v) is 4.77. The summed E-state index contributed by atoms with van der Waals surface area (Å²) in [4.78, 5) is 50.8. The number of likely N-dealkylation sites (N-methyl/N-ethyl adjacent to an activating group) is 1. The largest absolute Gasteiger partial charge is 0.480 e. The van der Waals surface area contributed by atoms with Crippen LogP contribution in [0.3, 0.4) is 0 Å². The van der Waals surface area contributed by atoms with Gasteiger partial charge in [0.05, 0.1) is 19.2 Å². The Labute approximate surface area is 181 Å². The maximum atomic E-state index is 12.8. The predicted octanol–water partition coefficient (Wildman–Crippen LogP) is 1.30. The van der Waals surface area contributed by atoms with Crippen molar-refractivity contribution < 1.29 is 29.0 Å². The number of benzene rings is 1. The molecular weight excluding hydrogens is 414 g/mol. The molecule has 3 atom stereocenters. The molecule has 3 amide bonds. The van der Waals surface area contributed by atoms with Crippen LogP contribution in [0.4, 0.5) is 4.79 Å². The van der Waals surface area contributed by atoms with Crippen LogP contribution < -0.4 is 5.32 Å². The number of ether oxygens (including phenoxy) is 1. The molecule has 1 aromatic rings. The van der Waals surface area contributed by atoms with Crippen molar-refractivity contribution in [3.63, 3.8) is 0 Å². The van der Waals surface area contributed by atoms with Gasteiger partial charge in [-0.1, -0.05) is 30.3 Å². The van der Waals surface area contributed by atoms with E-state index in [0.29, 0.717) is 12.8 Å². The van der Waals surface area contributed by atoms with E-state index in [1.165, 1.54) is 18.9 Å². The number of hydrogen-bond acceptors (Lipinski definition) is 6.